The zero-order chi connectivity index (χ0) is 29.9. The van der Waals surface area contributed by atoms with Gasteiger partial charge >= 0.3 is 6.18 Å². The highest BCUT2D eigenvalue weighted by Gasteiger charge is 2.29. The van der Waals surface area contributed by atoms with E-state index in [1.54, 1.807) is 24.3 Å². The van der Waals surface area contributed by atoms with Crippen molar-refractivity contribution in [2.24, 2.45) is 11.1 Å². The van der Waals surface area contributed by atoms with E-state index >= 15 is 0 Å². The summed E-state index contributed by atoms with van der Waals surface area (Å²) in [5.41, 5.74) is 7.35. The fourth-order valence-electron chi connectivity index (χ4n) is 3.27. The van der Waals surface area contributed by atoms with Crippen molar-refractivity contribution in [3.63, 3.8) is 0 Å². The predicted molar refractivity (Wildman–Crippen MR) is 156 cm³/mol. The molecule has 0 bridgehead atoms. The molecule has 3 aromatic rings. The summed E-state index contributed by atoms with van der Waals surface area (Å²) in [6, 6.07) is 15.3. The monoisotopic (exact) mass is 638 g/mol. The molecule has 0 aliphatic rings. The van der Waals surface area contributed by atoms with E-state index < -0.39 is 12.8 Å². The third-order valence-electron chi connectivity index (χ3n) is 5.71. The SMILES string of the molecule is CC(C)(CN)CNC(=O)c1ccc(Nc2nc(NCc3ccc(OCCCBr)cc3)cc(OCC(F)(F)F)n2)cc1. The number of hydrogen-bond donors (Lipinski definition) is 4. The van der Waals surface area contributed by atoms with Gasteiger partial charge in [0.05, 0.1) is 6.61 Å². The molecular formula is C28H34BrF3N6O3. The minimum absolute atomic E-state index is 0.0182. The highest BCUT2D eigenvalue weighted by molar-refractivity contribution is 9.09. The summed E-state index contributed by atoms with van der Waals surface area (Å²) in [5, 5.41) is 9.75. The first-order valence-electron chi connectivity index (χ1n) is 12.9. The van der Waals surface area contributed by atoms with Crippen LogP contribution in [-0.4, -0.2) is 53.7 Å². The van der Waals surface area contributed by atoms with Crippen LogP contribution in [0.2, 0.25) is 0 Å². The Balaban J connectivity index is 1.69. The molecule has 3 rings (SSSR count). The second-order valence-electron chi connectivity index (χ2n) is 9.96. The molecule has 1 amide bonds. The van der Waals surface area contributed by atoms with E-state index in [1.165, 1.54) is 6.07 Å². The third-order valence-corrected chi connectivity index (χ3v) is 6.27. The molecule has 41 heavy (non-hydrogen) atoms. The minimum Gasteiger partial charge on any atom is -0.494 e. The standard InChI is InChI=1S/C28H34BrF3N6O3/c1-27(2,16-33)17-35-25(39)20-6-8-21(9-7-20)36-26-37-23(14-24(38-26)41-18-28(30,31)32)34-15-19-4-10-22(11-5-19)40-13-3-12-29/h4-11,14H,3,12-13,15-18,33H2,1-2H3,(H,35,39)(H2,34,36,37,38). The van der Waals surface area contributed by atoms with Gasteiger partial charge in [-0.15, -0.1) is 0 Å². The quantitative estimate of drug-likeness (QED) is 0.124. The number of carbonyl (C=O) groups excluding carboxylic acids is 1. The second kappa shape index (κ2) is 14.9. The van der Waals surface area contributed by atoms with Crippen molar-refractivity contribution in [2.45, 2.75) is 33.0 Å². The van der Waals surface area contributed by atoms with Crippen LogP contribution >= 0.6 is 15.9 Å². The molecule has 0 aliphatic carbocycles. The number of carbonyl (C=O) groups is 1. The number of nitrogens with one attached hydrogen (secondary N) is 3. The van der Waals surface area contributed by atoms with Crippen molar-refractivity contribution in [1.29, 1.82) is 0 Å². The van der Waals surface area contributed by atoms with Crippen LogP contribution in [-0.2, 0) is 6.54 Å². The van der Waals surface area contributed by atoms with Crippen molar-refractivity contribution in [2.75, 3.05) is 42.3 Å². The number of alkyl halides is 4. The van der Waals surface area contributed by atoms with Gasteiger partial charge in [0.25, 0.3) is 5.91 Å². The summed E-state index contributed by atoms with van der Waals surface area (Å²) >= 11 is 3.36. The summed E-state index contributed by atoms with van der Waals surface area (Å²) in [6.07, 6.45) is -3.64. The molecule has 1 aromatic heterocycles. The van der Waals surface area contributed by atoms with Crippen LogP contribution in [0.4, 0.5) is 30.6 Å². The number of ether oxygens (including phenoxy) is 2. The van der Waals surface area contributed by atoms with Crippen molar-refractivity contribution < 1.29 is 27.4 Å². The van der Waals surface area contributed by atoms with E-state index in [-0.39, 0.29) is 29.0 Å². The molecule has 0 radical (unpaired) electrons. The van der Waals surface area contributed by atoms with E-state index in [4.69, 9.17) is 15.2 Å². The lowest BCUT2D eigenvalue weighted by Gasteiger charge is -2.22. The van der Waals surface area contributed by atoms with Crippen molar-refractivity contribution in [3.8, 4) is 11.6 Å². The van der Waals surface area contributed by atoms with Crippen LogP contribution in [0.25, 0.3) is 0 Å². The van der Waals surface area contributed by atoms with Crippen molar-refractivity contribution >= 4 is 39.3 Å². The molecule has 0 spiro atoms. The number of amides is 1. The molecule has 0 unspecified atom stereocenters. The van der Waals surface area contributed by atoms with E-state index in [0.717, 1.165) is 23.1 Å². The Morgan fingerprint density at radius 3 is 2.37 bits per heavy atom. The van der Waals surface area contributed by atoms with Gasteiger partial charge in [-0.25, -0.2) is 0 Å². The average Bonchev–Trinajstić information content (AvgIpc) is 2.94. The number of anilines is 3. The molecule has 0 aliphatic heterocycles. The lowest BCUT2D eigenvalue weighted by molar-refractivity contribution is -0.154. The van der Waals surface area contributed by atoms with E-state index in [1.807, 2.05) is 38.1 Å². The molecular weight excluding hydrogens is 605 g/mol. The second-order valence-corrected chi connectivity index (χ2v) is 10.8. The van der Waals surface area contributed by atoms with Gasteiger partial charge in [0.15, 0.2) is 6.61 Å². The van der Waals surface area contributed by atoms with Crippen LogP contribution in [0.15, 0.2) is 54.6 Å². The summed E-state index contributed by atoms with van der Waals surface area (Å²) in [5.74, 6) is 0.521. The van der Waals surface area contributed by atoms with Crippen LogP contribution < -0.4 is 31.2 Å². The number of nitrogens with two attached hydrogens (primary N) is 1. The molecule has 13 heteroatoms. The Labute approximate surface area is 245 Å². The fourth-order valence-corrected chi connectivity index (χ4v) is 3.50. The number of aromatic nitrogens is 2. The van der Waals surface area contributed by atoms with Crippen LogP contribution in [0, 0.1) is 5.41 Å². The van der Waals surface area contributed by atoms with Gasteiger partial charge in [-0.05, 0) is 60.3 Å². The van der Waals surface area contributed by atoms with Crippen molar-refractivity contribution in [1.82, 2.24) is 15.3 Å². The van der Waals surface area contributed by atoms with Gasteiger partial charge in [-0.3, -0.25) is 4.79 Å². The molecule has 5 N–H and O–H groups in total. The fraction of sp³-hybridized carbons (Fsp3) is 0.393. The first kappa shape index (κ1) is 31.9. The third kappa shape index (κ3) is 11.4. The zero-order valence-electron chi connectivity index (χ0n) is 22.9. The number of nitrogens with zero attached hydrogens (tertiary/aromatic N) is 2. The number of halogens is 4. The predicted octanol–water partition coefficient (Wildman–Crippen LogP) is 5.65. The Hall–Kier alpha value is -3.58. The van der Waals surface area contributed by atoms with Gasteiger partial charge in [0.1, 0.15) is 11.6 Å². The number of hydrogen-bond acceptors (Lipinski definition) is 8. The Kier molecular flexibility index (Phi) is 11.6. The van der Waals surface area contributed by atoms with Gasteiger partial charge < -0.3 is 31.2 Å². The van der Waals surface area contributed by atoms with Crippen LogP contribution in [0.1, 0.15) is 36.2 Å². The van der Waals surface area contributed by atoms with Gasteiger partial charge in [0.2, 0.25) is 11.8 Å². The van der Waals surface area contributed by atoms with Crippen LogP contribution in [0.3, 0.4) is 0 Å². The molecule has 2 aromatic carbocycles. The summed E-state index contributed by atoms with van der Waals surface area (Å²) < 4.78 is 48.9. The lowest BCUT2D eigenvalue weighted by atomic mass is 9.94. The molecule has 222 valence electrons. The summed E-state index contributed by atoms with van der Waals surface area (Å²) in [6.45, 7) is 4.21. The maximum atomic E-state index is 12.8. The van der Waals surface area contributed by atoms with Crippen LogP contribution in [0.5, 0.6) is 11.6 Å². The number of rotatable bonds is 15. The van der Waals surface area contributed by atoms with Crippen molar-refractivity contribution in [3.05, 3.63) is 65.7 Å². The van der Waals surface area contributed by atoms with E-state index in [2.05, 4.69) is 41.8 Å². The molecule has 0 atom stereocenters. The maximum absolute atomic E-state index is 12.8. The first-order valence-corrected chi connectivity index (χ1v) is 14.0. The maximum Gasteiger partial charge on any atom is 0.422 e. The zero-order valence-corrected chi connectivity index (χ0v) is 24.4. The molecule has 1 heterocycles. The average molecular weight is 640 g/mol. The highest BCUT2D eigenvalue weighted by Crippen LogP contribution is 2.23. The summed E-state index contributed by atoms with van der Waals surface area (Å²) in [4.78, 5) is 20.9. The molecule has 9 nitrogen and oxygen atoms in total. The highest BCUT2D eigenvalue weighted by atomic mass is 79.9. The Morgan fingerprint density at radius 1 is 1.02 bits per heavy atom. The summed E-state index contributed by atoms with van der Waals surface area (Å²) in [7, 11) is 0. The lowest BCUT2D eigenvalue weighted by Crippen LogP contribution is -2.38. The topological polar surface area (TPSA) is 123 Å². The molecule has 0 saturated heterocycles. The smallest absolute Gasteiger partial charge is 0.422 e. The molecule has 0 saturated carbocycles. The number of benzene rings is 2. The van der Waals surface area contributed by atoms with Gasteiger partial charge in [-0.1, -0.05) is 41.9 Å². The van der Waals surface area contributed by atoms with E-state index in [9.17, 15) is 18.0 Å². The Bertz CT molecular complexity index is 1260. The normalized spacial score (nSPS) is 11.6. The first-order chi connectivity index (χ1) is 19.5. The largest absolute Gasteiger partial charge is 0.494 e. The minimum atomic E-state index is -4.53. The Morgan fingerprint density at radius 2 is 1.73 bits per heavy atom. The molecule has 0 fully saturated rings. The van der Waals surface area contributed by atoms with E-state index in [0.29, 0.717) is 37.5 Å². The van der Waals surface area contributed by atoms with Gasteiger partial charge in [-0.2, -0.15) is 23.1 Å². The van der Waals surface area contributed by atoms with Gasteiger partial charge in [0, 0.05) is 35.7 Å².